The molecular weight excluding hydrogens is 252 g/mol. The Morgan fingerprint density at radius 3 is 3.00 bits per heavy atom. The van der Waals surface area contributed by atoms with Crippen molar-refractivity contribution in [2.24, 2.45) is 5.73 Å². The lowest BCUT2D eigenvalue weighted by Gasteiger charge is -2.35. The molecule has 0 spiro atoms. The van der Waals surface area contributed by atoms with E-state index in [1.165, 1.54) is 0 Å². The van der Waals surface area contributed by atoms with Crippen molar-refractivity contribution in [3.8, 4) is 0 Å². The zero-order chi connectivity index (χ0) is 14.5. The molecule has 20 heavy (non-hydrogen) atoms. The van der Waals surface area contributed by atoms with Crippen molar-refractivity contribution in [2.75, 3.05) is 13.1 Å². The average Bonchev–Trinajstić information content (AvgIpc) is 2.48. The van der Waals surface area contributed by atoms with E-state index in [9.17, 15) is 4.79 Å². The van der Waals surface area contributed by atoms with Crippen LogP contribution in [0.2, 0.25) is 0 Å². The van der Waals surface area contributed by atoms with E-state index < -0.39 is 0 Å². The minimum absolute atomic E-state index is 0.0154. The Labute approximate surface area is 120 Å². The number of piperidine rings is 1. The first-order valence-electron chi connectivity index (χ1n) is 7.28. The van der Waals surface area contributed by atoms with Gasteiger partial charge in [0.05, 0.1) is 0 Å². The molecule has 1 aromatic rings. The van der Waals surface area contributed by atoms with Crippen LogP contribution in [0.25, 0.3) is 0 Å². The van der Waals surface area contributed by atoms with Gasteiger partial charge in [-0.3, -0.25) is 4.98 Å². The van der Waals surface area contributed by atoms with Crippen LogP contribution in [-0.4, -0.2) is 35.0 Å². The van der Waals surface area contributed by atoms with Crippen LogP contribution in [0.4, 0.5) is 4.79 Å². The number of pyridine rings is 1. The third-order valence-corrected chi connectivity index (χ3v) is 4.00. The van der Waals surface area contributed by atoms with E-state index in [2.05, 4.69) is 16.4 Å². The highest BCUT2D eigenvalue weighted by Gasteiger charge is 2.25. The van der Waals surface area contributed by atoms with Crippen molar-refractivity contribution in [3.63, 3.8) is 0 Å². The number of nitrogens with two attached hydrogens (primary N) is 1. The van der Waals surface area contributed by atoms with E-state index in [-0.39, 0.29) is 12.1 Å². The topological polar surface area (TPSA) is 71.2 Å². The van der Waals surface area contributed by atoms with Crippen molar-refractivity contribution in [1.82, 2.24) is 15.2 Å². The molecule has 2 amide bonds. The number of carbonyl (C=O) groups excluding carboxylic acids is 1. The summed E-state index contributed by atoms with van der Waals surface area (Å²) >= 11 is 0. The lowest BCUT2D eigenvalue weighted by atomic mass is 10.0. The van der Waals surface area contributed by atoms with Crippen LogP contribution < -0.4 is 11.1 Å². The number of urea groups is 1. The van der Waals surface area contributed by atoms with Crippen LogP contribution in [0.1, 0.15) is 36.1 Å². The van der Waals surface area contributed by atoms with Crippen LogP contribution >= 0.6 is 0 Å². The van der Waals surface area contributed by atoms with Crippen molar-refractivity contribution in [1.29, 1.82) is 0 Å². The van der Waals surface area contributed by atoms with Crippen LogP contribution in [0.5, 0.6) is 0 Å². The summed E-state index contributed by atoms with van der Waals surface area (Å²) in [6, 6.07) is 2.24. The predicted octanol–water partition coefficient (Wildman–Crippen LogP) is 1.72. The maximum atomic E-state index is 12.2. The normalized spacial score (nSPS) is 18.9. The summed E-state index contributed by atoms with van der Waals surface area (Å²) in [5.74, 6) is 0. The molecule has 0 bridgehead atoms. The van der Waals surface area contributed by atoms with E-state index in [1.54, 1.807) is 0 Å². The summed E-state index contributed by atoms with van der Waals surface area (Å²) in [7, 11) is 0. The molecule has 110 valence electrons. The molecule has 1 unspecified atom stereocenters. The molecule has 1 aliphatic heterocycles. The van der Waals surface area contributed by atoms with Gasteiger partial charge in [0.15, 0.2) is 0 Å². The first-order valence-corrected chi connectivity index (χ1v) is 7.28. The molecule has 1 fully saturated rings. The Balaban J connectivity index is 1.92. The summed E-state index contributed by atoms with van der Waals surface area (Å²) in [5.41, 5.74) is 8.95. The highest BCUT2D eigenvalue weighted by molar-refractivity contribution is 5.74. The molecule has 0 aromatic carbocycles. The quantitative estimate of drug-likeness (QED) is 0.883. The first kappa shape index (κ1) is 14.8. The molecule has 2 rings (SSSR count). The number of amides is 2. The smallest absolute Gasteiger partial charge is 0.317 e. The third kappa shape index (κ3) is 3.48. The summed E-state index contributed by atoms with van der Waals surface area (Å²) in [4.78, 5) is 18.4. The van der Waals surface area contributed by atoms with Gasteiger partial charge in [-0.15, -0.1) is 0 Å². The van der Waals surface area contributed by atoms with Gasteiger partial charge < -0.3 is 16.0 Å². The molecule has 1 aliphatic rings. The molecule has 5 heteroatoms. The third-order valence-electron chi connectivity index (χ3n) is 4.00. The van der Waals surface area contributed by atoms with Gasteiger partial charge in [0, 0.05) is 37.6 Å². The lowest BCUT2D eigenvalue weighted by Crippen LogP contribution is -2.51. The van der Waals surface area contributed by atoms with Gasteiger partial charge in [0.2, 0.25) is 0 Å². The monoisotopic (exact) mass is 276 g/mol. The summed E-state index contributed by atoms with van der Waals surface area (Å²) in [6.45, 7) is 5.87. The Morgan fingerprint density at radius 1 is 1.50 bits per heavy atom. The zero-order valence-corrected chi connectivity index (χ0v) is 12.4. The van der Waals surface area contributed by atoms with Crippen molar-refractivity contribution >= 4 is 6.03 Å². The molecule has 3 N–H and O–H groups in total. The Hall–Kier alpha value is -1.62. The van der Waals surface area contributed by atoms with Gasteiger partial charge in [-0.1, -0.05) is 6.07 Å². The van der Waals surface area contributed by atoms with Gasteiger partial charge in [0.1, 0.15) is 0 Å². The summed E-state index contributed by atoms with van der Waals surface area (Å²) < 4.78 is 0. The van der Waals surface area contributed by atoms with Gasteiger partial charge in [-0.2, -0.15) is 0 Å². The van der Waals surface area contributed by atoms with Gasteiger partial charge in [-0.25, -0.2) is 4.79 Å². The van der Waals surface area contributed by atoms with E-state index in [0.717, 1.165) is 42.6 Å². The maximum Gasteiger partial charge on any atom is 0.317 e. The van der Waals surface area contributed by atoms with E-state index >= 15 is 0 Å². The second kappa shape index (κ2) is 6.70. The number of carbonyl (C=O) groups is 1. The maximum absolute atomic E-state index is 12.2. The number of aromatic nitrogens is 1. The van der Waals surface area contributed by atoms with Crippen molar-refractivity contribution in [3.05, 3.63) is 29.1 Å². The molecule has 5 nitrogen and oxygen atoms in total. The van der Waals surface area contributed by atoms with Crippen LogP contribution in [0.15, 0.2) is 12.3 Å². The average molecular weight is 276 g/mol. The summed E-state index contributed by atoms with van der Waals surface area (Å²) in [5, 5.41) is 2.97. The number of hydrogen-bond donors (Lipinski definition) is 2. The number of nitrogens with zero attached hydrogens (tertiary/aromatic N) is 2. The summed E-state index contributed by atoms with van der Waals surface area (Å²) in [6.07, 6.45) is 5.05. The highest BCUT2D eigenvalue weighted by atomic mass is 16.2. The number of nitrogens with one attached hydrogen (secondary N) is 1. The van der Waals surface area contributed by atoms with Crippen LogP contribution in [0, 0.1) is 13.8 Å². The Morgan fingerprint density at radius 2 is 2.30 bits per heavy atom. The number of rotatable bonds is 3. The van der Waals surface area contributed by atoms with Gasteiger partial charge in [0.25, 0.3) is 0 Å². The van der Waals surface area contributed by atoms with Crippen molar-refractivity contribution < 1.29 is 4.79 Å². The molecule has 2 heterocycles. The Bertz CT molecular complexity index is 475. The van der Waals surface area contributed by atoms with Gasteiger partial charge in [-0.05, 0) is 44.2 Å². The molecule has 1 saturated heterocycles. The first-order chi connectivity index (χ1) is 9.61. The van der Waals surface area contributed by atoms with Crippen LogP contribution in [0.3, 0.4) is 0 Å². The lowest BCUT2D eigenvalue weighted by molar-refractivity contribution is 0.153. The fourth-order valence-corrected chi connectivity index (χ4v) is 2.59. The minimum atomic E-state index is -0.0154. The predicted molar refractivity (Wildman–Crippen MR) is 79.3 cm³/mol. The standard InChI is InChI=1S/C15H24N4O/c1-11-7-13(9-17-12(11)2)10-18-15(20)19-6-4-3-5-14(19)8-16/h7,9,14H,3-6,8,10,16H2,1-2H3,(H,18,20). The van der Waals surface area contributed by atoms with E-state index in [0.29, 0.717) is 13.1 Å². The zero-order valence-electron chi connectivity index (χ0n) is 12.4. The second-order valence-electron chi connectivity index (χ2n) is 5.48. The molecule has 0 aliphatic carbocycles. The molecule has 0 saturated carbocycles. The number of likely N-dealkylation sites (tertiary alicyclic amines) is 1. The SMILES string of the molecule is Cc1cc(CNC(=O)N2CCCCC2CN)cnc1C. The second-order valence-corrected chi connectivity index (χ2v) is 5.48. The van der Waals surface area contributed by atoms with Crippen molar-refractivity contribution in [2.45, 2.75) is 45.7 Å². The molecule has 0 radical (unpaired) electrons. The number of hydrogen-bond acceptors (Lipinski definition) is 3. The Kier molecular flexibility index (Phi) is 4.95. The highest BCUT2D eigenvalue weighted by Crippen LogP contribution is 2.16. The largest absolute Gasteiger partial charge is 0.334 e. The molecular formula is C15H24N4O. The van der Waals surface area contributed by atoms with Gasteiger partial charge >= 0.3 is 6.03 Å². The molecule has 1 aromatic heterocycles. The number of aryl methyl sites for hydroxylation is 2. The minimum Gasteiger partial charge on any atom is -0.334 e. The van der Waals surface area contributed by atoms with E-state index in [4.69, 9.17) is 5.73 Å². The van der Waals surface area contributed by atoms with E-state index in [1.807, 2.05) is 24.9 Å². The fourth-order valence-electron chi connectivity index (χ4n) is 2.59. The fraction of sp³-hybridized carbons (Fsp3) is 0.600. The van der Waals surface area contributed by atoms with Crippen LogP contribution in [-0.2, 0) is 6.54 Å². The molecule has 1 atom stereocenters.